The molecule has 0 unspecified atom stereocenters. The van der Waals surface area contributed by atoms with Gasteiger partial charge in [-0.2, -0.15) is 5.26 Å². The highest BCUT2D eigenvalue weighted by atomic mass is 19.1. The molecule has 22 heavy (non-hydrogen) atoms. The van der Waals surface area contributed by atoms with Gasteiger partial charge in [0, 0.05) is 11.3 Å². The van der Waals surface area contributed by atoms with Crippen molar-refractivity contribution in [3.05, 3.63) is 46.9 Å². The first kappa shape index (κ1) is 15.5. The van der Waals surface area contributed by atoms with Crippen molar-refractivity contribution in [3.63, 3.8) is 0 Å². The highest BCUT2D eigenvalue weighted by Crippen LogP contribution is 2.29. The Hall–Kier alpha value is -2.88. The number of benzene rings is 1. The number of nitrogens with one attached hydrogen (secondary N) is 2. The first-order valence-electron chi connectivity index (χ1n) is 6.61. The van der Waals surface area contributed by atoms with E-state index in [1.54, 1.807) is 6.07 Å². The molecule has 0 radical (unpaired) electrons. The van der Waals surface area contributed by atoms with Crippen molar-refractivity contribution in [1.29, 1.82) is 5.26 Å². The first-order chi connectivity index (χ1) is 10.5. The summed E-state index contributed by atoms with van der Waals surface area (Å²) in [5, 5.41) is 13.4. The summed E-state index contributed by atoms with van der Waals surface area (Å²) in [7, 11) is 0. The van der Waals surface area contributed by atoms with E-state index in [-0.39, 0.29) is 24.2 Å². The van der Waals surface area contributed by atoms with Crippen LogP contribution in [0.1, 0.15) is 24.9 Å². The lowest BCUT2D eigenvalue weighted by molar-refractivity contribution is -0.139. The van der Waals surface area contributed by atoms with Gasteiger partial charge in [0.1, 0.15) is 12.4 Å². The van der Waals surface area contributed by atoms with E-state index in [2.05, 4.69) is 10.6 Å². The number of allylic oxidation sites excluding steroid dienone is 1. The van der Waals surface area contributed by atoms with E-state index in [9.17, 15) is 14.0 Å². The summed E-state index contributed by atoms with van der Waals surface area (Å²) in [6.07, 6.45) is 0.0578. The van der Waals surface area contributed by atoms with Gasteiger partial charge in [0.2, 0.25) is 0 Å². The molecule has 7 heteroatoms. The van der Waals surface area contributed by atoms with E-state index in [1.165, 1.54) is 25.1 Å². The minimum Gasteiger partial charge on any atom is -0.461 e. The van der Waals surface area contributed by atoms with Crippen LogP contribution in [0.15, 0.2) is 35.5 Å². The minimum absolute atomic E-state index is 0.0578. The summed E-state index contributed by atoms with van der Waals surface area (Å²) in [5.74, 6) is -1.24. The molecule has 114 valence electrons. The molecule has 0 aliphatic carbocycles. The van der Waals surface area contributed by atoms with E-state index >= 15 is 0 Å². The lowest BCUT2D eigenvalue weighted by Gasteiger charge is -2.28. The van der Waals surface area contributed by atoms with E-state index in [0.717, 1.165) is 0 Å². The third kappa shape index (κ3) is 3.23. The first-order valence-corrected chi connectivity index (χ1v) is 6.61. The van der Waals surface area contributed by atoms with Crippen molar-refractivity contribution in [2.75, 3.05) is 6.61 Å². The normalized spacial score (nSPS) is 17.3. The highest BCUT2D eigenvalue weighted by molar-refractivity contribution is 5.95. The Bertz CT molecular complexity index is 679. The Labute approximate surface area is 126 Å². The number of urea groups is 1. The zero-order chi connectivity index (χ0) is 16.1. The van der Waals surface area contributed by atoms with Crippen molar-refractivity contribution >= 4 is 12.0 Å². The molecule has 1 atom stereocenters. The van der Waals surface area contributed by atoms with Gasteiger partial charge < -0.3 is 15.4 Å². The molecule has 2 N–H and O–H groups in total. The number of nitrogens with zero attached hydrogens (tertiary/aromatic N) is 1. The number of esters is 1. The Kier molecular flexibility index (Phi) is 4.73. The summed E-state index contributed by atoms with van der Waals surface area (Å²) in [6, 6.07) is 6.25. The number of hydrogen-bond donors (Lipinski definition) is 2. The molecule has 0 aromatic heterocycles. The van der Waals surface area contributed by atoms with Gasteiger partial charge in [-0.05, 0) is 13.0 Å². The van der Waals surface area contributed by atoms with Crippen LogP contribution in [-0.4, -0.2) is 18.6 Å². The standard InChI is InChI=1S/C15H14FN3O3/c1-9-12(14(20)22-8-4-7-17)13(19-15(21)18-9)10-5-2-3-6-11(10)16/h2-3,5-6,13H,4,8H2,1H3,(H2,18,19,21)/t13-/m1/s1. The molecule has 0 spiro atoms. The van der Waals surface area contributed by atoms with Crippen molar-refractivity contribution < 1.29 is 18.7 Å². The van der Waals surface area contributed by atoms with Gasteiger partial charge in [0.15, 0.2) is 0 Å². The second-order valence-electron chi connectivity index (χ2n) is 4.64. The van der Waals surface area contributed by atoms with Gasteiger partial charge in [-0.25, -0.2) is 14.0 Å². The highest BCUT2D eigenvalue weighted by Gasteiger charge is 2.33. The lowest BCUT2D eigenvalue weighted by Crippen LogP contribution is -2.45. The molecule has 0 saturated heterocycles. The Morgan fingerprint density at radius 1 is 1.45 bits per heavy atom. The predicted molar refractivity (Wildman–Crippen MR) is 74.7 cm³/mol. The van der Waals surface area contributed by atoms with Gasteiger partial charge >= 0.3 is 12.0 Å². The second kappa shape index (κ2) is 6.72. The van der Waals surface area contributed by atoms with Crippen LogP contribution in [0.25, 0.3) is 0 Å². The zero-order valence-electron chi connectivity index (χ0n) is 11.9. The summed E-state index contributed by atoms with van der Waals surface area (Å²) in [4.78, 5) is 23.8. The van der Waals surface area contributed by atoms with Gasteiger partial charge in [0.25, 0.3) is 0 Å². The average Bonchev–Trinajstić information content (AvgIpc) is 2.47. The molecule has 1 aliphatic heterocycles. The maximum absolute atomic E-state index is 14.0. The molecule has 0 saturated carbocycles. The van der Waals surface area contributed by atoms with Crippen LogP contribution in [0, 0.1) is 17.1 Å². The number of halogens is 1. The van der Waals surface area contributed by atoms with E-state index in [0.29, 0.717) is 5.70 Å². The molecule has 2 rings (SSSR count). The Balaban J connectivity index is 2.36. The van der Waals surface area contributed by atoms with Gasteiger partial charge in [-0.1, -0.05) is 18.2 Å². The summed E-state index contributed by atoms with van der Waals surface area (Å²) < 4.78 is 19.0. The van der Waals surface area contributed by atoms with Crippen LogP contribution >= 0.6 is 0 Å². The van der Waals surface area contributed by atoms with Crippen LogP contribution < -0.4 is 10.6 Å². The zero-order valence-corrected chi connectivity index (χ0v) is 11.9. The SMILES string of the molecule is CC1=C(C(=O)OCCC#N)[C@@H](c2ccccc2F)NC(=O)N1. The fourth-order valence-corrected chi connectivity index (χ4v) is 2.17. The molecule has 0 bridgehead atoms. The monoisotopic (exact) mass is 303 g/mol. The molecule has 1 aromatic rings. The van der Waals surface area contributed by atoms with Gasteiger partial charge in [-0.3, -0.25) is 0 Å². The number of hydrogen-bond acceptors (Lipinski definition) is 4. The quantitative estimate of drug-likeness (QED) is 0.656. The number of carbonyl (C=O) groups is 2. The van der Waals surface area contributed by atoms with Crippen LogP contribution in [0.2, 0.25) is 0 Å². The van der Waals surface area contributed by atoms with E-state index in [4.69, 9.17) is 10.00 Å². The van der Waals surface area contributed by atoms with Crippen molar-refractivity contribution in [3.8, 4) is 6.07 Å². The fraction of sp³-hybridized carbons (Fsp3) is 0.267. The maximum Gasteiger partial charge on any atom is 0.338 e. The molecule has 1 heterocycles. The third-order valence-corrected chi connectivity index (χ3v) is 3.15. The number of rotatable bonds is 4. The molecule has 2 amide bonds. The summed E-state index contributed by atoms with van der Waals surface area (Å²) in [5.41, 5.74) is 0.575. The number of nitriles is 1. The molecule has 1 aromatic carbocycles. The second-order valence-corrected chi connectivity index (χ2v) is 4.64. The maximum atomic E-state index is 14.0. The van der Waals surface area contributed by atoms with Crippen LogP contribution in [0.5, 0.6) is 0 Å². The number of carbonyl (C=O) groups excluding carboxylic acids is 2. The number of amides is 2. The molecular weight excluding hydrogens is 289 g/mol. The summed E-state index contributed by atoms with van der Waals surface area (Å²) >= 11 is 0. The van der Waals surface area contributed by atoms with Crippen LogP contribution in [0.3, 0.4) is 0 Å². The van der Waals surface area contributed by atoms with Crippen LogP contribution in [0.4, 0.5) is 9.18 Å². The topological polar surface area (TPSA) is 91.2 Å². The average molecular weight is 303 g/mol. The third-order valence-electron chi connectivity index (χ3n) is 3.15. The smallest absolute Gasteiger partial charge is 0.338 e. The number of ether oxygens (including phenoxy) is 1. The van der Waals surface area contributed by atoms with Gasteiger partial charge in [-0.15, -0.1) is 0 Å². The predicted octanol–water partition coefficient (Wildman–Crippen LogP) is 1.91. The molecule has 6 nitrogen and oxygen atoms in total. The van der Waals surface area contributed by atoms with E-state index < -0.39 is 23.9 Å². The Morgan fingerprint density at radius 3 is 2.86 bits per heavy atom. The summed E-state index contributed by atoms with van der Waals surface area (Å²) in [6.45, 7) is 1.47. The van der Waals surface area contributed by atoms with E-state index in [1.807, 2.05) is 6.07 Å². The lowest BCUT2D eigenvalue weighted by atomic mass is 9.95. The van der Waals surface area contributed by atoms with Crippen molar-refractivity contribution in [2.45, 2.75) is 19.4 Å². The Morgan fingerprint density at radius 2 is 2.18 bits per heavy atom. The largest absolute Gasteiger partial charge is 0.461 e. The molecule has 0 fully saturated rings. The van der Waals surface area contributed by atoms with Crippen LogP contribution in [-0.2, 0) is 9.53 Å². The fourth-order valence-electron chi connectivity index (χ4n) is 2.17. The minimum atomic E-state index is -0.940. The van der Waals surface area contributed by atoms with Crippen molar-refractivity contribution in [2.24, 2.45) is 0 Å². The van der Waals surface area contributed by atoms with Crippen molar-refractivity contribution in [1.82, 2.24) is 10.6 Å². The molecule has 1 aliphatic rings. The van der Waals surface area contributed by atoms with Gasteiger partial charge in [0.05, 0.1) is 24.1 Å². The molecular formula is C15H14FN3O3.